The van der Waals surface area contributed by atoms with Crippen LogP contribution < -0.4 is 0 Å². The van der Waals surface area contributed by atoms with Gasteiger partial charge in [-0.1, -0.05) is 41.9 Å². The first-order chi connectivity index (χ1) is 14.6. The van der Waals surface area contributed by atoms with E-state index in [1.54, 1.807) is 17.0 Å². The van der Waals surface area contributed by atoms with Crippen molar-refractivity contribution in [3.05, 3.63) is 65.2 Å². The van der Waals surface area contributed by atoms with Crippen molar-refractivity contribution >= 4 is 17.5 Å². The molecule has 1 aromatic heterocycles. The molecule has 1 aliphatic rings. The SMILES string of the molecule is N#CC(c1ccccc1)N1CCN(C(=O)Cn2nnc(-c3ccc(Cl)cc3)n2)CC1. The summed E-state index contributed by atoms with van der Waals surface area (Å²) < 4.78 is 0. The lowest BCUT2D eigenvalue weighted by Crippen LogP contribution is -2.50. The molecule has 1 unspecified atom stereocenters. The number of carbonyl (C=O) groups excluding carboxylic acids is 1. The fourth-order valence-electron chi connectivity index (χ4n) is 3.48. The standard InChI is InChI=1S/C21H20ClN7O/c22-18-8-6-17(7-9-18)21-24-26-29(25-21)15-20(30)28-12-10-27(11-13-28)19(14-23)16-4-2-1-3-5-16/h1-9,19H,10-13,15H2. The van der Waals surface area contributed by atoms with Gasteiger partial charge in [0.25, 0.3) is 0 Å². The van der Waals surface area contributed by atoms with Crippen LogP contribution >= 0.6 is 11.6 Å². The third-order valence-corrected chi connectivity index (χ3v) is 5.35. The second-order valence-electron chi connectivity index (χ2n) is 7.01. The number of hydrogen-bond acceptors (Lipinski definition) is 6. The summed E-state index contributed by atoms with van der Waals surface area (Å²) in [5.74, 6) is 0.381. The minimum Gasteiger partial charge on any atom is -0.338 e. The molecular weight excluding hydrogens is 402 g/mol. The Bertz CT molecular complexity index is 1040. The van der Waals surface area contributed by atoms with Gasteiger partial charge in [-0.2, -0.15) is 10.1 Å². The van der Waals surface area contributed by atoms with Crippen molar-refractivity contribution in [1.29, 1.82) is 5.26 Å². The van der Waals surface area contributed by atoms with E-state index in [1.807, 2.05) is 42.5 Å². The van der Waals surface area contributed by atoms with Crippen molar-refractivity contribution in [3.63, 3.8) is 0 Å². The minimum atomic E-state index is -0.303. The van der Waals surface area contributed by atoms with Gasteiger partial charge in [0.1, 0.15) is 12.6 Å². The van der Waals surface area contributed by atoms with E-state index in [4.69, 9.17) is 11.6 Å². The Labute approximate surface area is 179 Å². The van der Waals surface area contributed by atoms with Crippen molar-refractivity contribution in [3.8, 4) is 17.5 Å². The van der Waals surface area contributed by atoms with E-state index in [-0.39, 0.29) is 18.5 Å². The van der Waals surface area contributed by atoms with Gasteiger partial charge in [0.15, 0.2) is 0 Å². The lowest BCUT2D eigenvalue weighted by molar-refractivity contribution is -0.134. The van der Waals surface area contributed by atoms with Gasteiger partial charge >= 0.3 is 0 Å². The Morgan fingerprint density at radius 3 is 2.43 bits per heavy atom. The molecule has 1 saturated heterocycles. The fourth-order valence-corrected chi connectivity index (χ4v) is 3.60. The highest BCUT2D eigenvalue weighted by Gasteiger charge is 2.27. The van der Waals surface area contributed by atoms with Crippen LogP contribution in [0.5, 0.6) is 0 Å². The second-order valence-corrected chi connectivity index (χ2v) is 7.45. The zero-order valence-corrected chi connectivity index (χ0v) is 17.0. The molecule has 0 N–H and O–H groups in total. The average molecular weight is 422 g/mol. The number of piperazine rings is 1. The van der Waals surface area contributed by atoms with Gasteiger partial charge in [-0.15, -0.1) is 10.2 Å². The van der Waals surface area contributed by atoms with Crippen molar-refractivity contribution in [1.82, 2.24) is 30.0 Å². The van der Waals surface area contributed by atoms with Crippen LogP contribution in [0.3, 0.4) is 0 Å². The number of nitriles is 1. The number of aromatic nitrogens is 4. The highest BCUT2D eigenvalue weighted by molar-refractivity contribution is 6.30. The van der Waals surface area contributed by atoms with E-state index >= 15 is 0 Å². The molecule has 0 spiro atoms. The Morgan fingerprint density at radius 2 is 1.77 bits per heavy atom. The topological polar surface area (TPSA) is 90.9 Å². The second kappa shape index (κ2) is 9.03. The molecule has 8 nitrogen and oxygen atoms in total. The molecule has 30 heavy (non-hydrogen) atoms. The molecule has 3 aromatic rings. The number of carbonyl (C=O) groups is 1. The smallest absolute Gasteiger partial charge is 0.246 e. The molecule has 1 atom stereocenters. The normalized spacial score (nSPS) is 15.5. The molecule has 1 aliphatic heterocycles. The number of rotatable bonds is 5. The first-order valence-corrected chi connectivity index (χ1v) is 10.0. The van der Waals surface area contributed by atoms with Crippen molar-refractivity contribution < 1.29 is 4.79 Å². The monoisotopic (exact) mass is 421 g/mol. The number of benzene rings is 2. The molecule has 152 valence electrons. The molecule has 2 heterocycles. The fraction of sp³-hybridized carbons (Fsp3) is 0.286. The largest absolute Gasteiger partial charge is 0.338 e. The number of tetrazole rings is 1. The van der Waals surface area contributed by atoms with E-state index in [0.29, 0.717) is 37.0 Å². The summed E-state index contributed by atoms with van der Waals surface area (Å²) in [5, 5.41) is 22.5. The highest BCUT2D eigenvalue weighted by atomic mass is 35.5. The maximum atomic E-state index is 12.7. The van der Waals surface area contributed by atoms with Crippen LogP contribution in [0.2, 0.25) is 5.02 Å². The van der Waals surface area contributed by atoms with Crippen LogP contribution in [-0.4, -0.2) is 62.1 Å². The van der Waals surface area contributed by atoms with Gasteiger partial charge in [0.2, 0.25) is 11.7 Å². The van der Waals surface area contributed by atoms with E-state index in [9.17, 15) is 10.1 Å². The summed E-state index contributed by atoms with van der Waals surface area (Å²) in [7, 11) is 0. The van der Waals surface area contributed by atoms with E-state index in [2.05, 4.69) is 26.4 Å². The van der Waals surface area contributed by atoms with Gasteiger partial charge in [0, 0.05) is 36.8 Å². The lowest BCUT2D eigenvalue weighted by Gasteiger charge is -2.36. The van der Waals surface area contributed by atoms with Crippen LogP contribution in [-0.2, 0) is 11.3 Å². The molecular formula is C21H20ClN7O. The maximum absolute atomic E-state index is 12.7. The Morgan fingerprint density at radius 1 is 1.07 bits per heavy atom. The van der Waals surface area contributed by atoms with Gasteiger partial charge in [0.05, 0.1) is 6.07 Å². The first-order valence-electron chi connectivity index (χ1n) is 9.64. The van der Waals surface area contributed by atoms with Gasteiger partial charge < -0.3 is 4.90 Å². The summed E-state index contributed by atoms with van der Waals surface area (Å²) in [6, 6.07) is 18.9. The Balaban J connectivity index is 1.34. The van der Waals surface area contributed by atoms with Gasteiger partial charge in [-0.05, 0) is 35.0 Å². The van der Waals surface area contributed by atoms with Gasteiger partial charge in [-0.25, -0.2) is 0 Å². The molecule has 2 aromatic carbocycles. The molecule has 9 heteroatoms. The summed E-state index contributed by atoms with van der Waals surface area (Å²) in [5.41, 5.74) is 1.76. The predicted molar refractivity (Wildman–Crippen MR) is 111 cm³/mol. The molecule has 0 saturated carbocycles. The zero-order chi connectivity index (χ0) is 20.9. The molecule has 0 radical (unpaired) electrons. The molecule has 0 bridgehead atoms. The van der Waals surface area contributed by atoms with Crippen molar-refractivity contribution in [2.45, 2.75) is 12.6 Å². The number of amides is 1. The summed E-state index contributed by atoms with van der Waals surface area (Å²) in [6.07, 6.45) is 0. The predicted octanol–water partition coefficient (Wildman–Crippen LogP) is 2.40. The van der Waals surface area contributed by atoms with Crippen molar-refractivity contribution in [2.24, 2.45) is 0 Å². The van der Waals surface area contributed by atoms with E-state index < -0.39 is 0 Å². The van der Waals surface area contributed by atoms with Crippen LogP contribution in [0.1, 0.15) is 11.6 Å². The quantitative estimate of drug-likeness (QED) is 0.628. The molecule has 1 amide bonds. The first kappa shape index (κ1) is 20.0. The van der Waals surface area contributed by atoms with E-state index in [0.717, 1.165) is 11.1 Å². The number of halogens is 1. The average Bonchev–Trinajstić information content (AvgIpc) is 3.24. The van der Waals surface area contributed by atoms with Crippen LogP contribution in [0, 0.1) is 11.3 Å². The van der Waals surface area contributed by atoms with Crippen LogP contribution in [0.25, 0.3) is 11.4 Å². The summed E-state index contributed by atoms with van der Waals surface area (Å²) >= 11 is 5.90. The molecule has 1 fully saturated rings. The minimum absolute atomic E-state index is 0.0287. The number of nitrogens with zero attached hydrogens (tertiary/aromatic N) is 7. The zero-order valence-electron chi connectivity index (χ0n) is 16.2. The Hall–Kier alpha value is -3.28. The maximum Gasteiger partial charge on any atom is 0.246 e. The lowest BCUT2D eigenvalue weighted by atomic mass is 10.1. The van der Waals surface area contributed by atoms with Crippen molar-refractivity contribution in [2.75, 3.05) is 26.2 Å². The van der Waals surface area contributed by atoms with Crippen LogP contribution in [0.4, 0.5) is 0 Å². The third kappa shape index (κ3) is 4.48. The highest BCUT2D eigenvalue weighted by Crippen LogP contribution is 2.21. The number of hydrogen-bond donors (Lipinski definition) is 0. The third-order valence-electron chi connectivity index (χ3n) is 5.10. The van der Waals surface area contributed by atoms with Crippen LogP contribution in [0.15, 0.2) is 54.6 Å². The molecule has 4 rings (SSSR count). The summed E-state index contributed by atoms with van der Waals surface area (Å²) in [4.78, 5) is 17.9. The molecule has 0 aliphatic carbocycles. The summed E-state index contributed by atoms with van der Waals surface area (Å²) in [6.45, 7) is 2.42. The van der Waals surface area contributed by atoms with E-state index in [1.165, 1.54) is 4.80 Å². The van der Waals surface area contributed by atoms with Gasteiger partial charge in [-0.3, -0.25) is 9.69 Å². The Kier molecular flexibility index (Phi) is 6.02.